The van der Waals surface area contributed by atoms with Crippen LogP contribution in [0.1, 0.15) is 6.42 Å². The number of allylic oxidation sites excluding steroid dienone is 4. The van der Waals surface area contributed by atoms with E-state index in [9.17, 15) is 0 Å². The van der Waals surface area contributed by atoms with Crippen molar-refractivity contribution < 1.29 is 4.43 Å². The molecular formula is C9H16OSi. The molecular weight excluding hydrogens is 152 g/mol. The van der Waals surface area contributed by atoms with Gasteiger partial charge in [0.15, 0.2) is 8.32 Å². The maximum atomic E-state index is 5.46. The fraction of sp³-hybridized carbons (Fsp3) is 0.556. The largest absolute Gasteiger partial charge is 0.420 e. The van der Waals surface area contributed by atoms with Gasteiger partial charge in [-0.2, -0.15) is 0 Å². The molecule has 11 heavy (non-hydrogen) atoms. The molecule has 0 amide bonds. The highest BCUT2D eigenvalue weighted by molar-refractivity contribution is 6.71. The SMILES string of the molecule is CO[Si](C)(C)CC1=CCC=C1. The second-order valence-electron chi connectivity index (χ2n) is 3.56. The van der Waals surface area contributed by atoms with E-state index in [1.807, 2.05) is 7.11 Å². The molecule has 0 aromatic carbocycles. The molecule has 0 radical (unpaired) electrons. The molecule has 0 bridgehead atoms. The van der Waals surface area contributed by atoms with E-state index >= 15 is 0 Å². The number of hydrogen-bond donors (Lipinski definition) is 0. The van der Waals surface area contributed by atoms with Crippen molar-refractivity contribution in [3.05, 3.63) is 23.8 Å². The third-order valence-corrected chi connectivity index (χ3v) is 4.40. The molecule has 2 heteroatoms. The zero-order valence-corrected chi connectivity index (χ0v) is 8.55. The average molecular weight is 168 g/mol. The van der Waals surface area contributed by atoms with Gasteiger partial charge in [0.2, 0.25) is 0 Å². The molecule has 0 atom stereocenters. The second-order valence-corrected chi connectivity index (χ2v) is 7.84. The van der Waals surface area contributed by atoms with Crippen molar-refractivity contribution in [2.75, 3.05) is 7.11 Å². The monoisotopic (exact) mass is 168 g/mol. The van der Waals surface area contributed by atoms with E-state index < -0.39 is 8.32 Å². The molecule has 0 fully saturated rings. The third kappa shape index (κ3) is 2.64. The summed E-state index contributed by atoms with van der Waals surface area (Å²) < 4.78 is 5.46. The minimum Gasteiger partial charge on any atom is -0.420 e. The summed E-state index contributed by atoms with van der Waals surface area (Å²) in [6.07, 6.45) is 7.82. The van der Waals surface area contributed by atoms with Gasteiger partial charge in [-0.15, -0.1) is 0 Å². The third-order valence-electron chi connectivity index (χ3n) is 2.03. The van der Waals surface area contributed by atoms with Crippen molar-refractivity contribution in [2.45, 2.75) is 25.6 Å². The predicted octanol–water partition coefficient (Wildman–Crippen LogP) is 2.72. The van der Waals surface area contributed by atoms with Gasteiger partial charge in [0.05, 0.1) is 0 Å². The maximum absolute atomic E-state index is 5.46. The Labute approximate surface area is 69.9 Å². The molecule has 0 N–H and O–H groups in total. The zero-order chi connectivity index (χ0) is 8.32. The highest BCUT2D eigenvalue weighted by Gasteiger charge is 2.21. The van der Waals surface area contributed by atoms with Crippen molar-refractivity contribution in [1.82, 2.24) is 0 Å². The smallest absolute Gasteiger partial charge is 0.190 e. The topological polar surface area (TPSA) is 9.23 Å². The number of rotatable bonds is 3. The zero-order valence-electron chi connectivity index (χ0n) is 7.55. The Kier molecular flexibility index (Phi) is 2.68. The average Bonchev–Trinajstić information content (AvgIpc) is 2.39. The van der Waals surface area contributed by atoms with Crippen molar-refractivity contribution in [3.8, 4) is 0 Å². The first kappa shape index (κ1) is 8.75. The van der Waals surface area contributed by atoms with Crippen LogP contribution < -0.4 is 0 Å². The van der Waals surface area contributed by atoms with E-state index in [0.29, 0.717) is 0 Å². The van der Waals surface area contributed by atoms with Gasteiger partial charge >= 0.3 is 0 Å². The van der Waals surface area contributed by atoms with E-state index in [1.54, 1.807) is 0 Å². The quantitative estimate of drug-likeness (QED) is 0.589. The molecule has 0 heterocycles. The maximum Gasteiger partial charge on any atom is 0.190 e. The van der Waals surface area contributed by atoms with Gasteiger partial charge in [0.1, 0.15) is 0 Å². The van der Waals surface area contributed by atoms with E-state index in [1.165, 1.54) is 5.57 Å². The Hall–Kier alpha value is -0.343. The molecule has 0 aromatic heterocycles. The lowest BCUT2D eigenvalue weighted by atomic mass is 10.3. The predicted molar refractivity (Wildman–Crippen MR) is 51.1 cm³/mol. The van der Waals surface area contributed by atoms with Crippen LogP contribution in [0.2, 0.25) is 19.1 Å². The Morgan fingerprint density at radius 2 is 2.27 bits per heavy atom. The van der Waals surface area contributed by atoms with Gasteiger partial charge in [-0.1, -0.05) is 23.8 Å². The Balaban J connectivity index is 2.47. The van der Waals surface area contributed by atoms with Crippen LogP contribution in [0.4, 0.5) is 0 Å². The number of hydrogen-bond acceptors (Lipinski definition) is 1. The molecule has 0 saturated carbocycles. The lowest BCUT2D eigenvalue weighted by Crippen LogP contribution is -2.28. The Morgan fingerprint density at radius 1 is 1.55 bits per heavy atom. The highest BCUT2D eigenvalue weighted by Crippen LogP contribution is 2.21. The molecule has 1 rings (SSSR count). The van der Waals surface area contributed by atoms with E-state index in [0.717, 1.165) is 12.5 Å². The van der Waals surface area contributed by atoms with Crippen LogP contribution in [0.5, 0.6) is 0 Å². The summed E-state index contributed by atoms with van der Waals surface area (Å²) in [4.78, 5) is 0. The van der Waals surface area contributed by atoms with Crippen LogP contribution >= 0.6 is 0 Å². The highest BCUT2D eigenvalue weighted by atomic mass is 28.4. The van der Waals surface area contributed by atoms with Crippen molar-refractivity contribution in [1.29, 1.82) is 0 Å². The van der Waals surface area contributed by atoms with Crippen LogP contribution in [-0.2, 0) is 4.43 Å². The normalized spacial score (nSPS) is 17.2. The van der Waals surface area contributed by atoms with Gasteiger partial charge < -0.3 is 4.43 Å². The fourth-order valence-corrected chi connectivity index (χ4v) is 2.59. The molecule has 1 nitrogen and oxygen atoms in total. The van der Waals surface area contributed by atoms with Gasteiger partial charge in [0.25, 0.3) is 0 Å². The molecule has 62 valence electrons. The standard InChI is InChI=1S/C9H16OSi/c1-10-11(2,3)8-9-6-4-5-7-9/h4,6-7H,5,8H2,1-3H3. The molecule has 0 aliphatic heterocycles. The van der Waals surface area contributed by atoms with Gasteiger partial charge in [-0.3, -0.25) is 0 Å². The molecule has 1 aliphatic carbocycles. The summed E-state index contributed by atoms with van der Waals surface area (Å²) >= 11 is 0. The Morgan fingerprint density at radius 3 is 2.73 bits per heavy atom. The summed E-state index contributed by atoms with van der Waals surface area (Å²) in [5.41, 5.74) is 1.46. The van der Waals surface area contributed by atoms with Crippen LogP contribution in [0.25, 0.3) is 0 Å². The van der Waals surface area contributed by atoms with E-state index in [2.05, 4.69) is 31.3 Å². The summed E-state index contributed by atoms with van der Waals surface area (Å²) in [6, 6.07) is 1.15. The van der Waals surface area contributed by atoms with E-state index in [4.69, 9.17) is 4.43 Å². The summed E-state index contributed by atoms with van der Waals surface area (Å²) in [7, 11) is 0.463. The fourth-order valence-electron chi connectivity index (χ4n) is 1.20. The minimum absolute atomic E-state index is 1.11. The van der Waals surface area contributed by atoms with Crippen LogP contribution in [0.15, 0.2) is 23.8 Å². The van der Waals surface area contributed by atoms with Crippen LogP contribution in [-0.4, -0.2) is 15.4 Å². The van der Waals surface area contributed by atoms with Gasteiger partial charge in [-0.05, 0) is 25.6 Å². The molecule has 0 spiro atoms. The Bertz CT molecular complexity index is 192. The van der Waals surface area contributed by atoms with Crippen molar-refractivity contribution in [3.63, 3.8) is 0 Å². The van der Waals surface area contributed by atoms with Crippen molar-refractivity contribution >= 4 is 8.32 Å². The van der Waals surface area contributed by atoms with Gasteiger partial charge in [-0.25, -0.2) is 0 Å². The van der Waals surface area contributed by atoms with Crippen molar-refractivity contribution in [2.24, 2.45) is 0 Å². The summed E-state index contributed by atoms with van der Waals surface area (Å²) in [5, 5.41) is 0. The lowest BCUT2D eigenvalue weighted by Gasteiger charge is -2.19. The summed E-state index contributed by atoms with van der Waals surface area (Å²) in [5.74, 6) is 0. The molecule has 0 unspecified atom stereocenters. The lowest BCUT2D eigenvalue weighted by molar-refractivity contribution is 0.406. The van der Waals surface area contributed by atoms with Gasteiger partial charge in [0, 0.05) is 7.11 Å². The molecule has 1 aliphatic rings. The second kappa shape index (κ2) is 3.37. The molecule has 0 aromatic rings. The first-order valence-electron chi connectivity index (χ1n) is 4.05. The first-order chi connectivity index (χ1) is 5.14. The van der Waals surface area contributed by atoms with Crippen LogP contribution in [0.3, 0.4) is 0 Å². The van der Waals surface area contributed by atoms with E-state index in [-0.39, 0.29) is 0 Å². The summed E-state index contributed by atoms with van der Waals surface area (Å²) in [6.45, 7) is 4.50. The minimum atomic E-state index is -1.36. The first-order valence-corrected chi connectivity index (χ1v) is 7.16. The van der Waals surface area contributed by atoms with Crippen LogP contribution in [0, 0.1) is 0 Å². The molecule has 0 saturated heterocycles.